The average Bonchev–Trinajstić information content (AvgIpc) is 3.15. The Balaban J connectivity index is 1.50. The van der Waals surface area contributed by atoms with Gasteiger partial charge in [0.1, 0.15) is 0 Å². The highest BCUT2D eigenvalue weighted by molar-refractivity contribution is 6.03. The summed E-state index contributed by atoms with van der Waals surface area (Å²) in [6, 6.07) is 15.2. The second-order valence-electron chi connectivity index (χ2n) is 6.38. The van der Waals surface area contributed by atoms with Crippen molar-refractivity contribution in [1.82, 2.24) is 0 Å². The van der Waals surface area contributed by atoms with Crippen LogP contribution in [0.4, 0.5) is 11.4 Å². The number of nitrogens with two attached hydrogens (primary N) is 1. The summed E-state index contributed by atoms with van der Waals surface area (Å²) in [5.74, 6) is 0. The minimum atomic E-state index is 0.812. The van der Waals surface area contributed by atoms with Crippen LogP contribution < -0.4 is 10.6 Å². The monoisotopic (exact) mass is 303 g/mol. The van der Waals surface area contributed by atoms with Crippen molar-refractivity contribution in [3.63, 3.8) is 0 Å². The molecule has 0 radical (unpaired) electrons. The maximum Gasteiger partial charge on any atom is 0.0649 e. The van der Waals surface area contributed by atoms with Gasteiger partial charge in [-0.2, -0.15) is 0 Å². The van der Waals surface area contributed by atoms with Gasteiger partial charge in [0.05, 0.1) is 6.54 Å². The van der Waals surface area contributed by atoms with Gasteiger partial charge in [0.2, 0.25) is 0 Å². The number of benzene rings is 2. The van der Waals surface area contributed by atoms with E-state index in [4.69, 9.17) is 5.73 Å². The summed E-state index contributed by atoms with van der Waals surface area (Å²) in [7, 11) is 0. The summed E-state index contributed by atoms with van der Waals surface area (Å²) in [5.41, 5.74) is 14.5. The Bertz CT molecular complexity index is 800. The number of hydrogen-bond acceptors (Lipinski definition) is 3. The maximum atomic E-state index is 5.88. The normalized spacial score (nSPS) is 16.3. The molecule has 2 aromatic carbocycles. The summed E-state index contributed by atoms with van der Waals surface area (Å²) in [4.78, 5) is 6.87. The number of rotatable bonds is 3. The topological polar surface area (TPSA) is 41.6 Å². The zero-order valence-corrected chi connectivity index (χ0v) is 13.4. The second-order valence-corrected chi connectivity index (χ2v) is 6.38. The lowest BCUT2D eigenvalue weighted by atomic mass is 10.0. The van der Waals surface area contributed by atoms with Gasteiger partial charge in [-0.15, -0.1) is 0 Å². The third-order valence-corrected chi connectivity index (χ3v) is 4.68. The first kappa shape index (κ1) is 14.1. The summed E-state index contributed by atoms with van der Waals surface area (Å²) in [6.07, 6.45) is 3.26. The first-order valence-electron chi connectivity index (χ1n) is 8.13. The lowest BCUT2D eigenvalue weighted by molar-refractivity contribution is 0.836. The number of anilines is 2. The number of hydrogen-bond donors (Lipinski definition) is 1. The zero-order valence-electron chi connectivity index (χ0n) is 13.4. The van der Waals surface area contributed by atoms with E-state index in [0.29, 0.717) is 0 Å². The first-order valence-corrected chi connectivity index (χ1v) is 8.13. The van der Waals surface area contributed by atoms with E-state index in [1.54, 1.807) is 0 Å². The van der Waals surface area contributed by atoms with Gasteiger partial charge < -0.3 is 10.6 Å². The Morgan fingerprint density at radius 2 is 1.96 bits per heavy atom. The Hall–Kier alpha value is -2.55. The van der Waals surface area contributed by atoms with Gasteiger partial charge >= 0.3 is 0 Å². The van der Waals surface area contributed by atoms with Crippen molar-refractivity contribution in [3.8, 4) is 0 Å². The molecule has 0 fully saturated rings. The van der Waals surface area contributed by atoms with Crippen molar-refractivity contribution in [2.75, 3.05) is 23.7 Å². The standard InChI is InChI=1S/C20H21N3/c1-14-10-18(12-22-14)16-4-2-15(3-5-16)13-23-9-8-17-11-19(21)6-7-20(17)23/h2-7,10-11H,8-9,12-13,21H2,1H3. The van der Waals surface area contributed by atoms with Crippen molar-refractivity contribution < 1.29 is 0 Å². The minimum absolute atomic E-state index is 0.812. The number of nitrogen functional groups attached to an aromatic ring is 1. The van der Waals surface area contributed by atoms with Gasteiger partial charge in [-0.25, -0.2) is 0 Å². The van der Waals surface area contributed by atoms with E-state index in [-0.39, 0.29) is 0 Å². The van der Waals surface area contributed by atoms with E-state index in [1.165, 1.54) is 28.0 Å². The molecule has 2 heterocycles. The van der Waals surface area contributed by atoms with Gasteiger partial charge in [-0.05, 0) is 59.9 Å². The maximum absolute atomic E-state index is 5.88. The van der Waals surface area contributed by atoms with Gasteiger partial charge in [0.15, 0.2) is 0 Å². The molecule has 0 aliphatic carbocycles. The smallest absolute Gasteiger partial charge is 0.0649 e. The summed E-state index contributed by atoms with van der Waals surface area (Å²) < 4.78 is 0. The third-order valence-electron chi connectivity index (χ3n) is 4.68. The summed E-state index contributed by atoms with van der Waals surface area (Å²) in [6.45, 7) is 4.88. The number of fused-ring (bicyclic) bond motifs is 1. The first-order chi connectivity index (χ1) is 11.2. The van der Waals surface area contributed by atoms with E-state index in [9.17, 15) is 0 Å². The molecule has 23 heavy (non-hydrogen) atoms. The molecule has 2 aromatic rings. The van der Waals surface area contributed by atoms with Crippen molar-refractivity contribution in [2.24, 2.45) is 4.99 Å². The summed E-state index contributed by atoms with van der Waals surface area (Å²) >= 11 is 0. The third kappa shape index (κ3) is 2.74. The van der Waals surface area contributed by atoms with Crippen LogP contribution in [-0.2, 0) is 13.0 Å². The van der Waals surface area contributed by atoms with Crippen molar-refractivity contribution in [3.05, 3.63) is 65.2 Å². The Morgan fingerprint density at radius 3 is 2.70 bits per heavy atom. The molecular formula is C20H21N3. The fourth-order valence-corrected chi connectivity index (χ4v) is 3.43. The molecule has 116 valence electrons. The molecule has 2 aliphatic heterocycles. The molecule has 2 aliphatic rings. The van der Waals surface area contributed by atoms with Crippen LogP contribution in [0.2, 0.25) is 0 Å². The molecule has 0 saturated heterocycles. The highest BCUT2D eigenvalue weighted by Crippen LogP contribution is 2.31. The highest BCUT2D eigenvalue weighted by Gasteiger charge is 2.19. The Morgan fingerprint density at radius 1 is 1.13 bits per heavy atom. The van der Waals surface area contributed by atoms with Crippen LogP contribution in [0.25, 0.3) is 5.57 Å². The molecule has 0 aromatic heterocycles. The van der Waals surface area contributed by atoms with Crippen LogP contribution in [0, 0.1) is 0 Å². The number of allylic oxidation sites excluding steroid dienone is 1. The molecule has 0 spiro atoms. The van der Waals surface area contributed by atoms with E-state index < -0.39 is 0 Å². The molecule has 3 nitrogen and oxygen atoms in total. The number of nitrogens with zero attached hydrogens (tertiary/aromatic N) is 2. The summed E-state index contributed by atoms with van der Waals surface area (Å²) in [5, 5.41) is 0. The van der Waals surface area contributed by atoms with Crippen LogP contribution >= 0.6 is 0 Å². The molecule has 4 rings (SSSR count). The molecule has 2 N–H and O–H groups in total. The van der Waals surface area contributed by atoms with E-state index in [0.717, 1.165) is 37.5 Å². The fraction of sp³-hybridized carbons (Fsp3) is 0.250. The van der Waals surface area contributed by atoms with Crippen molar-refractivity contribution >= 4 is 22.7 Å². The molecule has 0 unspecified atom stereocenters. The highest BCUT2D eigenvalue weighted by atomic mass is 15.1. The Labute approximate surface area is 137 Å². The fourth-order valence-electron chi connectivity index (χ4n) is 3.43. The van der Waals surface area contributed by atoms with E-state index >= 15 is 0 Å². The van der Waals surface area contributed by atoms with Crippen molar-refractivity contribution in [1.29, 1.82) is 0 Å². The quantitative estimate of drug-likeness (QED) is 0.879. The van der Waals surface area contributed by atoms with E-state index in [1.807, 2.05) is 6.07 Å². The van der Waals surface area contributed by atoms with Gasteiger partial charge in [-0.1, -0.05) is 24.3 Å². The second kappa shape index (κ2) is 5.58. The van der Waals surface area contributed by atoms with Crippen LogP contribution in [0.15, 0.2) is 53.5 Å². The molecule has 0 bridgehead atoms. The predicted molar refractivity (Wildman–Crippen MR) is 98.0 cm³/mol. The van der Waals surface area contributed by atoms with Crippen LogP contribution in [0.1, 0.15) is 23.6 Å². The van der Waals surface area contributed by atoms with E-state index in [2.05, 4.69) is 59.3 Å². The van der Waals surface area contributed by atoms with Gasteiger partial charge in [0, 0.05) is 30.2 Å². The molecule has 3 heteroatoms. The van der Waals surface area contributed by atoms with Crippen LogP contribution in [0.3, 0.4) is 0 Å². The Kier molecular flexibility index (Phi) is 3.41. The van der Waals surface area contributed by atoms with Crippen LogP contribution in [0.5, 0.6) is 0 Å². The SMILES string of the molecule is CC1=NCC(c2ccc(CN3CCc4cc(N)ccc43)cc2)=C1. The molecule has 0 atom stereocenters. The molecule has 0 saturated carbocycles. The number of aliphatic imine (C=N–C) groups is 1. The predicted octanol–water partition coefficient (Wildman–Crippen LogP) is 3.69. The lowest BCUT2D eigenvalue weighted by Gasteiger charge is -2.20. The lowest BCUT2D eigenvalue weighted by Crippen LogP contribution is -2.19. The molecular weight excluding hydrogens is 282 g/mol. The van der Waals surface area contributed by atoms with Gasteiger partial charge in [-0.3, -0.25) is 4.99 Å². The molecule has 0 amide bonds. The largest absolute Gasteiger partial charge is 0.399 e. The van der Waals surface area contributed by atoms with Crippen molar-refractivity contribution in [2.45, 2.75) is 19.9 Å². The van der Waals surface area contributed by atoms with Crippen LogP contribution in [-0.4, -0.2) is 18.8 Å². The zero-order chi connectivity index (χ0) is 15.8. The average molecular weight is 303 g/mol. The van der Waals surface area contributed by atoms with Gasteiger partial charge in [0.25, 0.3) is 0 Å². The minimum Gasteiger partial charge on any atom is -0.399 e.